The summed E-state index contributed by atoms with van der Waals surface area (Å²) in [5.74, 6) is 1.35. The minimum atomic E-state index is 0. The molecule has 1 fully saturated rings. The molecule has 1 aliphatic rings. The van der Waals surface area contributed by atoms with E-state index in [0.717, 1.165) is 57.8 Å². The SMILES string of the molecule is CCNC(=NCc1ccc(N2CCC(CO)CC2)cc1)NCCCc1ccccc1.I. The molecule has 0 bridgehead atoms. The molecule has 0 amide bonds. The van der Waals surface area contributed by atoms with Gasteiger partial charge >= 0.3 is 0 Å². The normalized spacial score (nSPS) is 14.8. The number of aliphatic hydroxyl groups excluding tert-OH is 1. The second kappa shape index (κ2) is 14.3. The third-order valence-corrected chi connectivity index (χ3v) is 5.72. The van der Waals surface area contributed by atoms with E-state index in [0.29, 0.717) is 19.1 Å². The van der Waals surface area contributed by atoms with Crippen molar-refractivity contribution in [2.75, 3.05) is 37.7 Å². The lowest BCUT2D eigenvalue weighted by atomic mass is 9.97. The van der Waals surface area contributed by atoms with Crippen LogP contribution in [0.5, 0.6) is 0 Å². The first-order valence-corrected chi connectivity index (χ1v) is 11.3. The van der Waals surface area contributed by atoms with Crippen molar-refractivity contribution in [3.8, 4) is 0 Å². The lowest BCUT2D eigenvalue weighted by Crippen LogP contribution is -2.37. The number of aliphatic hydroxyl groups is 1. The average Bonchev–Trinajstić information content (AvgIpc) is 2.81. The van der Waals surface area contributed by atoms with Crippen molar-refractivity contribution in [2.24, 2.45) is 10.9 Å². The molecule has 31 heavy (non-hydrogen) atoms. The van der Waals surface area contributed by atoms with Crippen LogP contribution in [0.2, 0.25) is 0 Å². The van der Waals surface area contributed by atoms with Gasteiger partial charge in [-0.15, -0.1) is 24.0 Å². The molecular weight excluding hydrogens is 499 g/mol. The maximum atomic E-state index is 9.31. The Morgan fingerprint density at radius 1 is 1.00 bits per heavy atom. The van der Waals surface area contributed by atoms with Gasteiger partial charge in [-0.1, -0.05) is 42.5 Å². The molecule has 0 atom stereocenters. The molecule has 2 aromatic rings. The summed E-state index contributed by atoms with van der Waals surface area (Å²) < 4.78 is 0. The van der Waals surface area contributed by atoms with Crippen LogP contribution in [0.3, 0.4) is 0 Å². The number of hydrogen-bond acceptors (Lipinski definition) is 3. The molecule has 1 aliphatic heterocycles. The molecule has 0 radical (unpaired) electrons. The van der Waals surface area contributed by atoms with Crippen molar-refractivity contribution in [1.82, 2.24) is 10.6 Å². The maximum Gasteiger partial charge on any atom is 0.191 e. The summed E-state index contributed by atoms with van der Waals surface area (Å²) in [5, 5.41) is 16.1. The number of rotatable bonds is 9. The molecule has 0 spiro atoms. The topological polar surface area (TPSA) is 59.9 Å². The van der Waals surface area contributed by atoms with E-state index >= 15 is 0 Å². The number of halogens is 1. The lowest BCUT2D eigenvalue weighted by Gasteiger charge is -2.32. The molecule has 170 valence electrons. The molecule has 0 unspecified atom stereocenters. The third kappa shape index (κ3) is 8.69. The van der Waals surface area contributed by atoms with Gasteiger partial charge in [0.1, 0.15) is 0 Å². The van der Waals surface area contributed by atoms with Gasteiger partial charge < -0.3 is 20.6 Å². The summed E-state index contributed by atoms with van der Waals surface area (Å²) >= 11 is 0. The highest BCUT2D eigenvalue weighted by atomic mass is 127. The quantitative estimate of drug-likeness (QED) is 0.195. The van der Waals surface area contributed by atoms with E-state index in [4.69, 9.17) is 4.99 Å². The van der Waals surface area contributed by atoms with Gasteiger partial charge in [0, 0.05) is 38.5 Å². The predicted molar refractivity (Wildman–Crippen MR) is 141 cm³/mol. The third-order valence-electron chi connectivity index (χ3n) is 5.72. The molecule has 1 heterocycles. The van der Waals surface area contributed by atoms with Crippen molar-refractivity contribution >= 4 is 35.6 Å². The van der Waals surface area contributed by atoms with Crippen LogP contribution in [0.25, 0.3) is 0 Å². The monoisotopic (exact) mass is 536 g/mol. The molecule has 3 N–H and O–H groups in total. The minimum Gasteiger partial charge on any atom is -0.396 e. The number of aryl methyl sites for hydroxylation is 1. The van der Waals surface area contributed by atoms with Gasteiger partial charge in [-0.3, -0.25) is 0 Å². The molecule has 6 heteroatoms. The van der Waals surface area contributed by atoms with Crippen LogP contribution >= 0.6 is 24.0 Å². The lowest BCUT2D eigenvalue weighted by molar-refractivity contribution is 0.203. The minimum absolute atomic E-state index is 0. The van der Waals surface area contributed by atoms with E-state index in [1.165, 1.54) is 16.8 Å². The molecule has 0 aromatic heterocycles. The fourth-order valence-corrected chi connectivity index (χ4v) is 3.84. The molecule has 1 saturated heterocycles. The summed E-state index contributed by atoms with van der Waals surface area (Å²) in [4.78, 5) is 7.16. The Balaban J connectivity index is 0.00000341. The Morgan fingerprint density at radius 3 is 2.35 bits per heavy atom. The van der Waals surface area contributed by atoms with E-state index in [9.17, 15) is 5.11 Å². The van der Waals surface area contributed by atoms with Crippen LogP contribution in [0.15, 0.2) is 59.6 Å². The van der Waals surface area contributed by atoms with Crippen LogP contribution in [-0.2, 0) is 13.0 Å². The summed E-state index contributed by atoms with van der Waals surface area (Å²) in [6, 6.07) is 19.4. The van der Waals surface area contributed by atoms with Crippen molar-refractivity contribution in [1.29, 1.82) is 0 Å². The van der Waals surface area contributed by atoms with Crippen LogP contribution < -0.4 is 15.5 Å². The Labute approximate surface area is 204 Å². The van der Waals surface area contributed by atoms with E-state index in [1.807, 2.05) is 0 Å². The zero-order chi connectivity index (χ0) is 21.0. The number of guanidine groups is 1. The molecule has 0 aliphatic carbocycles. The first kappa shape index (κ1) is 25.5. The number of nitrogens with one attached hydrogen (secondary N) is 2. The van der Waals surface area contributed by atoms with Crippen molar-refractivity contribution in [2.45, 2.75) is 39.2 Å². The first-order chi connectivity index (χ1) is 14.8. The van der Waals surface area contributed by atoms with Crippen molar-refractivity contribution in [3.63, 3.8) is 0 Å². The van der Waals surface area contributed by atoms with E-state index in [1.54, 1.807) is 0 Å². The second-order valence-electron chi connectivity index (χ2n) is 7.99. The zero-order valence-electron chi connectivity index (χ0n) is 18.6. The summed E-state index contributed by atoms with van der Waals surface area (Å²) in [7, 11) is 0. The molecule has 3 rings (SSSR count). The predicted octanol–water partition coefficient (Wildman–Crippen LogP) is 4.20. The van der Waals surface area contributed by atoms with Gasteiger partial charge in [0.15, 0.2) is 5.96 Å². The van der Waals surface area contributed by atoms with Gasteiger partial charge in [0.2, 0.25) is 0 Å². The number of anilines is 1. The summed E-state index contributed by atoms with van der Waals surface area (Å²) in [6.07, 6.45) is 4.30. The molecular formula is C25H37IN4O. The smallest absolute Gasteiger partial charge is 0.191 e. The van der Waals surface area contributed by atoms with Crippen LogP contribution in [0, 0.1) is 5.92 Å². The van der Waals surface area contributed by atoms with Gasteiger partial charge in [0.05, 0.1) is 6.54 Å². The highest BCUT2D eigenvalue weighted by Gasteiger charge is 2.18. The van der Waals surface area contributed by atoms with Crippen molar-refractivity contribution < 1.29 is 5.11 Å². The van der Waals surface area contributed by atoms with Gasteiger partial charge in [0.25, 0.3) is 0 Å². The summed E-state index contributed by atoms with van der Waals surface area (Å²) in [5.41, 5.74) is 3.86. The Hall–Kier alpha value is -1.80. The zero-order valence-corrected chi connectivity index (χ0v) is 20.9. The molecule has 5 nitrogen and oxygen atoms in total. The average molecular weight is 537 g/mol. The van der Waals surface area contributed by atoms with E-state index in [2.05, 4.69) is 77.1 Å². The fourth-order valence-electron chi connectivity index (χ4n) is 3.84. The van der Waals surface area contributed by atoms with Gasteiger partial charge in [-0.2, -0.15) is 0 Å². The highest BCUT2D eigenvalue weighted by molar-refractivity contribution is 14.0. The van der Waals surface area contributed by atoms with Gasteiger partial charge in [-0.05, 0) is 61.8 Å². The Kier molecular flexibility index (Phi) is 11.7. The highest BCUT2D eigenvalue weighted by Crippen LogP contribution is 2.23. The number of aliphatic imine (C=N–C) groups is 1. The van der Waals surface area contributed by atoms with E-state index < -0.39 is 0 Å². The number of nitrogens with zero attached hydrogens (tertiary/aromatic N) is 2. The summed E-state index contributed by atoms with van der Waals surface area (Å²) in [6.45, 7) is 6.90. The van der Waals surface area contributed by atoms with Crippen LogP contribution in [0.1, 0.15) is 37.3 Å². The van der Waals surface area contributed by atoms with Gasteiger partial charge in [-0.25, -0.2) is 4.99 Å². The Morgan fingerprint density at radius 2 is 1.71 bits per heavy atom. The maximum absolute atomic E-state index is 9.31. The number of piperidine rings is 1. The second-order valence-corrected chi connectivity index (χ2v) is 7.99. The fraction of sp³-hybridized carbons (Fsp3) is 0.480. The number of hydrogen-bond donors (Lipinski definition) is 3. The molecule has 0 saturated carbocycles. The first-order valence-electron chi connectivity index (χ1n) is 11.3. The van der Waals surface area contributed by atoms with E-state index in [-0.39, 0.29) is 24.0 Å². The van der Waals surface area contributed by atoms with Crippen LogP contribution in [0.4, 0.5) is 5.69 Å². The van der Waals surface area contributed by atoms with Crippen LogP contribution in [-0.4, -0.2) is 43.9 Å². The molecule has 2 aromatic carbocycles. The van der Waals surface area contributed by atoms with Crippen molar-refractivity contribution in [3.05, 3.63) is 65.7 Å². The Bertz CT molecular complexity index is 759. The largest absolute Gasteiger partial charge is 0.396 e. The standard InChI is InChI=1S/C25H36N4O.HI/c1-2-26-25(27-16-6-9-21-7-4-3-5-8-21)28-19-22-10-12-24(13-11-22)29-17-14-23(20-30)15-18-29;/h3-5,7-8,10-13,23,30H,2,6,9,14-20H2,1H3,(H2,26,27,28);1H. The number of benzene rings is 2.